The fraction of sp³-hybridized carbons (Fsp3) is 0.263. The molecule has 3 aromatic rings. The van der Waals surface area contributed by atoms with Gasteiger partial charge in [-0.05, 0) is 38.1 Å². The fourth-order valence-corrected chi connectivity index (χ4v) is 2.95. The predicted molar refractivity (Wildman–Crippen MR) is 105 cm³/mol. The Hall–Kier alpha value is -3.46. The zero-order valence-corrected chi connectivity index (χ0v) is 15.7. The number of aryl methyl sites for hydroxylation is 2. The molecule has 0 bridgehead atoms. The number of amides is 1. The molecule has 1 aromatic carbocycles. The molecule has 0 spiro atoms. The highest BCUT2D eigenvalue weighted by molar-refractivity contribution is 6.03. The van der Waals surface area contributed by atoms with Gasteiger partial charge in [0.25, 0.3) is 5.91 Å². The third kappa shape index (κ3) is 3.79. The zero-order valence-electron chi connectivity index (χ0n) is 15.7. The molecule has 0 saturated carbocycles. The maximum Gasteiger partial charge on any atom is 0.335 e. The van der Waals surface area contributed by atoms with Crippen molar-refractivity contribution in [3.05, 3.63) is 53.4 Å². The van der Waals surface area contributed by atoms with Crippen molar-refractivity contribution in [2.75, 3.05) is 11.9 Å². The van der Waals surface area contributed by atoms with Crippen molar-refractivity contribution in [2.24, 2.45) is 5.73 Å². The topological polar surface area (TPSA) is 128 Å². The van der Waals surface area contributed by atoms with E-state index in [0.717, 1.165) is 5.69 Å². The number of aromatic carboxylic acids is 1. The number of aromatic nitrogens is 4. The smallest absolute Gasteiger partial charge is 0.335 e. The lowest BCUT2D eigenvalue weighted by Crippen LogP contribution is -2.19. The Kier molecular flexibility index (Phi) is 5.55. The van der Waals surface area contributed by atoms with Crippen LogP contribution in [0.25, 0.3) is 11.0 Å². The molecule has 0 saturated heterocycles. The summed E-state index contributed by atoms with van der Waals surface area (Å²) in [5.74, 6) is -1.04. The Morgan fingerprint density at radius 2 is 2.07 bits per heavy atom. The molecule has 1 amide bonds. The molecule has 28 heavy (non-hydrogen) atoms. The second-order valence-corrected chi connectivity index (χ2v) is 6.20. The summed E-state index contributed by atoms with van der Waals surface area (Å²) in [7, 11) is 0. The minimum absolute atomic E-state index is 0.132. The van der Waals surface area contributed by atoms with E-state index < -0.39 is 5.97 Å². The van der Waals surface area contributed by atoms with Crippen LogP contribution in [0.2, 0.25) is 0 Å². The van der Waals surface area contributed by atoms with E-state index in [4.69, 9.17) is 5.73 Å². The molecule has 0 unspecified atom stereocenters. The molecule has 0 radical (unpaired) electrons. The van der Waals surface area contributed by atoms with Crippen LogP contribution in [-0.2, 0) is 13.1 Å². The lowest BCUT2D eigenvalue weighted by Gasteiger charge is -2.09. The molecule has 146 valence electrons. The number of carbonyl (C=O) groups is 2. The molecule has 2 heterocycles. The second kappa shape index (κ2) is 8.05. The summed E-state index contributed by atoms with van der Waals surface area (Å²) in [6.07, 6.45) is 3.67. The lowest BCUT2D eigenvalue weighted by atomic mass is 10.2. The summed E-state index contributed by atoms with van der Waals surface area (Å²) in [5, 5.41) is 16.3. The number of allylic oxidation sites excluding steroid dienone is 1. The van der Waals surface area contributed by atoms with Gasteiger partial charge in [-0.25, -0.2) is 9.78 Å². The minimum atomic E-state index is -1.03. The van der Waals surface area contributed by atoms with Crippen molar-refractivity contribution in [3.8, 4) is 0 Å². The van der Waals surface area contributed by atoms with E-state index in [2.05, 4.69) is 15.4 Å². The van der Waals surface area contributed by atoms with Crippen molar-refractivity contribution < 1.29 is 14.7 Å². The molecule has 2 aromatic heterocycles. The van der Waals surface area contributed by atoms with Crippen LogP contribution in [0.1, 0.15) is 33.5 Å². The number of benzene rings is 1. The van der Waals surface area contributed by atoms with Crippen molar-refractivity contribution >= 4 is 28.9 Å². The number of imidazole rings is 1. The van der Waals surface area contributed by atoms with E-state index in [1.165, 1.54) is 12.1 Å². The monoisotopic (exact) mass is 382 g/mol. The molecule has 0 atom stereocenters. The predicted octanol–water partition coefficient (Wildman–Crippen LogP) is 2.03. The van der Waals surface area contributed by atoms with E-state index in [-0.39, 0.29) is 11.5 Å². The number of nitrogens with zero attached hydrogens (tertiary/aromatic N) is 4. The number of nitrogens with one attached hydrogen (secondary N) is 1. The van der Waals surface area contributed by atoms with Crippen molar-refractivity contribution in [1.82, 2.24) is 19.3 Å². The number of hydrogen-bond donors (Lipinski definition) is 3. The molecule has 0 aliphatic rings. The normalized spacial score (nSPS) is 11.4. The van der Waals surface area contributed by atoms with Gasteiger partial charge in [0.1, 0.15) is 5.69 Å². The third-order valence-electron chi connectivity index (χ3n) is 4.25. The summed E-state index contributed by atoms with van der Waals surface area (Å²) in [6.45, 7) is 5.12. The van der Waals surface area contributed by atoms with Crippen LogP contribution in [0.3, 0.4) is 0 Å². The number of hydrogen-bond acceptors (Lipinski definition) is 5. The number of rotatable bonds is 7. The van der Waals surface area contributed by atoms with Gasteiger partial charge in [0.05, 0.1) is 22.3 Å². The molecule has 0 aliphatic carbocycles. The fourth-order valence-electron chi connectivity index (χ4n) is 2.95. The number of carbonyl (C=O) groups excluding carboxylic acids is 1. The first kappa shape index (κ1) is 19.3. The van der Waals surface area contributed by atoms with E-state index in [9.17, 15) is 14.7 Å². The van der Waals surface area contributed by atoms with E-state index in [1.807, 2.05) is 19.9 Å². The standard InChI is InChI=1S/C19H22N6O3/c1-3-25-16(10-12(2)23-25)17(26)22-19-21-14-11-13(18(27)28)6-7-15(14)24(19)9-5-4-8-20/h4-7,10-11H,3,8-9,20H2,1-2H3,(H,27,28)(H,21,22,26). The van der Waals surface area contributed by atoms with Crippen molar-refractivity contribution in [1.29, 1.82) is 0 Å². The minimum Gasteiger partial charge on any atom is -0.478 e. The van der Waals surface area contributed by atoms with Crippen LogP contribution in [0, 0.1) is 6.92 Å². The van der Waals surface area contributed by atoms with Crippen LogP contribution in [-0.4, -0.2) is 42.9 Å². The number of carboxylic acids is 1. The summed E-state index contributed by atoms with van der Waals surface area (Å²) >= 11 is 0. The first-order chi connectivity index (χ1) is 13.4. The Balaban J connectivity index is 2.02. The van der Waals surface area contributed by atoms with Gasteiger partial charge in [-0.2, -0.15) is 5.10 Å². The number of anilines is 1. The average Bonchev–Trinajstić information content (AvgIpc) is 3.21. The van der Waals surface area contributed by atoms with Crippen molar-refractivity contribution in [2.45, 2.75) is 26.9 Å². The van der Waals surface area contributed by atoms with Gasteiger partial charge >= 0.3 is 5.97 Å². The molecule has 4 N–H and O–H groups in total. The first-order valence-electron chi connectivity index (χ1n) is 8.89. The van der Waals surface area contributed by atoms with Crippen LogP contribution in [0.4, 0.5) is 5.95 Å². The molecular weight excluding hydrogens is 360 g/mol. The van der Waals surface area contributed by atoms with E-state index in [0.29, 0.717) is 42.3 Å². The largest absolute Gasteiger partial charge is 0.478 e. The number of carboxylic acid groups (broad SMARTS) is 1. The highest BCUT2D eigenvalue weighted by Gasteiger charge is 2.18. The summed E-state index contributed by atoms with van der Waals surface area (Å²) in [6, 6.07) is 6.38. The van der Waals surface area contributed by atoms with Crippen LogP contribution < -0.4 is 11.1 Å². The van der Waals surface area contributed by atoms with Gasteiger partial charge in [-0.3, -0.25) is 14.8 Å². The van der Waals surface area contributed by atoms with Crippen LogP contribution in [0.15, 0.2) is 36.4 Å². The Labute approximate surface area is 161 Å². The molecule has 9 heteroatoms. The Bertz CT molecular complexity index is 1060. The number of fused-ring (bicyclic) bond motifs is 1. The maximum absolute atomic E-state index is 12.8. The zero-order chi connectivity index (χ0) is 20.3. The van der Waals surface area contributed by atoms with Crippen LogP contribution in [0.5, 0.6) is 0 Å². The third-order valence-corrected chi connectivity index (χ3v) is 4.25. The van der Waals surface area contributed by atoms with Gasteiger partial charge in [0, 0.05) is 19.6 Å². The van der Waals surface area contributed by atoms with Gasteiger partial charge in [0.2, 0.25) is 5.95 Å². The molecule has 0 fully saturated rings. The quantitative estimate of drug-likeness (QED) is 0.536. The van der Waals surface area contributed by atoms with E-state index in [1.54, 1.807) is 27.5 Å². The Morgan fingerprint density at radius 3 is 2.75 bits per heavy atom. The second-order valence-electron chi connectivity index (χ2n) is 6.20. The van der Waals surface area contributed by atoms with Crippen LogP contribution >= 0.6 is 0 Å². The lowest BCUT2D eigenvalue weighted by molar-refractivity contribution is 0.0696. The molecular formula is C19H22N6O3. The highest BCUT2D eigenvalue weighted by atomic mass is 16.4. The maximum atomic E-state index is 12.8. The summed E-state index contributed by atoms with van der Waals surface area (Å²) in [4.78, 5) is 28.5. The summed E-state index contributed by atoms with van der Waals surface area (Å²) in [5.41, 5.74) is 8.01. The van der Waals surface area contributed by atoms with Gasteiger partial charge < -0.3 is 15.4 Å². The van der Waals surface area contributed by atoms with Gasteiger partial charge in [-0.1, -0.05) is 12.2 Å². The SMILES string of the molecule is CCn1nc(C)cc1C(=O)Nc1nc2cc(C(=O)O)ccc2n1CC=CCN. The Morgan fingerprint density at radius 1 is 1.29 bits per heavy atom. The highest BCUT2D eigenvalue weighted by Crippen LogP contribution is 2.22. The van der Waals surface area contributed by atoms with Gasteiger partial charge in [-0.15, -0.1) is 0 Å². The average molecular weight is 382 g/mol. The summed E-state index contributed by atoms with van der Waals surface area (Å²) < 4.78 is 3.42. The van der Waals surface area contributed by atoms with E-state index >= 15 is 0 Å². The first-order valence-corrected chi connectivity index (χ1v) is 8.89. The molecule has 9 nitrogen and oxygen atoms in total. The van der Waals surface area contributed by atoms with Gasteiger partial charge in [0.15, 0.2) is 0 Å². The van der Waals surface area contributed by atoms with Crippen molar-refractivity contribution in [3.63, 3.8) is 0 Å². The molecule has 3 rings (SSSR count). The number of nitrogens with two attached hydrogens (primary N) is 1. The molecule has 0 aliphatic heterocycles.